The number of aliphatic carboxylic acids is 1. The molecule has 1 heterocycles. The third-order valence-electron chi connectivity index (χ3n) is 4.43. The van der Waals surface area contributed by atoms with E-state index >= 15 is 0 Å². The quantitative estimate of drug-likeness (QED) is 0.872. The van der Waals surface area contributed by atoms with Gasteiger partial charge in [0.1, 0.15) is 0 Å². The molecule has 1 aromatic heterocycles. The van der Waals surface area contributed by atoms with Crippen molar-refractivity contribution in [2.75, 3.05) is 0 Å². The molecule has 0 spiro atoms. The first kappa shape index (κ1) is 15.5. The van der Waals surface area contributed by atoms with E-state index in [1.165, 1.54) is 0 Å². The number of carbonyl (C=O) groups is 2. The second-order valence-corrected chi connectivity index (χ2v) is 5.81. The van der Waals surface area contributed by atoms with E-state index in [0.717, 1.165) is 12.0 Å². The minimum Gasteiger partial charge on any atom is -0.481 e. The highest BCUT2D eigenvalue weighted by Gasteiger charge is 2.42. The SMILES string of the molecule is CCC1C[C@H](C(=O)N[C@@H](C)c2cccnc2)[C@H](C(=O)O)C1. The Morgan fingerprint density at radius 1 is 1.43 bits per heavy atom. The van der Waals surface area contributed by atoms with E-state index in [1.54, 1.807) is 12.4 Å². The van der Waals surface area contributed by atoms with Gasteiger partial charge in [0.25, 0.3) is 0 Å². The number of carboxylic acids is 1. The van der Waals surface area contributed by atoms with Crippen LogP contribution in [0.25, 0.3) is 0 Å². The summed E-state index contributed by atoms with van der Waals surface area (Å²) in [6.45, 7) is 3.93. The zero-order valence-corrected chi connectivity index (χ0v) is 12.5. The first-order valence-electron chi connectivity index (χ1n) is 7.46. The highest BCUT2D eigenvalue weighted by molar-refractivity contribution is 5.85. The topological polar surface area (TPSA) is 79.3 Å². The maximum absolute atomic E-state index is 12.4. The monoisotopic (exact) mass is 290 g/mol. The molecule has 0 aliphatic heterocycles. The number of hydrogen-bond acceptors (Lipinski definition) is 3. The Balaban J connectivity index is 2.03. The molecular formula is C16H22N2O3. The Hall–Kier alpha value is -1.91. The summed E-state index contributed by atoms with van der Waals surface area (Å²) in [6, 6.07) is 3.55. The molecule has 0 bridgehead atoms. The van der Waals surface area contributed by atoms with Gasteiger partial charge in [-0.25, -0.2) is 0 Å². The molecule has 1 amide bonds. The molecule has 0 saturated heterocycles. The Labute approximate surface area is 124 Å². The molecular weight excluding hydrogens is 268 g/mol. The van der Waals surface area contributed by atoms with E-state index < -0.39 is 17.8 Å². The van der Waals surface area contributed by atoms with E-state index in [-0.39, 0.29) is 11.9 Å². The molecule has 1 fully saturated rings. The number of carboxylic acid groups (broad SMARTS) is 1. The number of carbonyl (C=O) groups excluding carboxylic acids is 1. The number of pyridine rings is 1. The summed E-state index contributed by atoms with van der Waals surface area (Å²) < 4.78 is 0. The van der Waals surface area contributed by atoms with Crippen LogP contribution in [0.15, 0.2) is 24.5 Å². The van der Waals surface area contributed by atoms with Gasteiger partial charge in [-0.15, -0.1) is 0 Å². The smallest absolute Gasteiger partial charge is 0.307 e. The fraction of sp³-hybridized carbons (Fsp3) is 0.562. The minimum atomic E-state index is -0.861. The number of aromatic nitrogens is 1. The third-order valence-corrected chi connectivity index (χ3v) is 4.43. The van der Waals surface area contributed by atoms with E-state index in [9.17, 15) is 14.7 Å². The maximum atomic E-state index is 12.4. The summed E-state index contributed by atoms with van der Waals surface area (Å²) in [5, 5.41) is 12.2. The van der Waals surface area contributed by atoms with Crippen LogP contribution in [-0.4, -0.2) is 22.0 Å². The molecule has 1 aliphatic rings. The summed E-state index contributed by atoms with van der Waals surface area (Å²) >= 11 is 0. The molecule has 0 aromatic carbocycles. The average Bonchev–Trinajstić information content (AvgIpc) is 2.92. The van der Waals surface area contributed by atoms with Crippen molar-refractivity contribution in [3.05, 3.63) is 30.1 Å². The summed E-state index contributed by atoms with van der Waals surface area (Å²) in [5.74, 6) is -1.67. The number of nitrogens with zero attached hydrogens (tertiary/aromatic N) is 1. The van der Waals surface area contributed by atoms with Crippen molar-refractivity contribution >= 4 is 11.9 Å². The lowest BCUT2D eigenvalue weighted by atomic mass is 9.95. The zero-order valence-electron chi connectivity index (χ0n) is 12.5. The number of nitrogens with one attached hydrogen (secondary N) is 1. The van der Waals surface area contributed by atoms with Crippen molar-refractivity contribution in [2.45, 2.75) is 39.2 Å². The van der Waals surface area contributed by atoms with Crippen molar-refractivity contribution < 1.29 is 14.7 Å². The van der Waals surface area contributed by atoms with Crippen LogP contribution in [0.3, 0.4) is 0 Å². The standard InChI is InChI=1S/C16H22N2O3/c1-3-11-7-13(14(8-11)16(20)21)15(19)18-10(2)12-5-4-6-17-9-12/h4-6,9-11,13-14H,3,7-8H2,1-2H3,(H,18,19)(H,20,21)/t10-,11?,13-,14+/m0/s1. The van der Waals surface area contributed by atoms with Crippen LogP contribution < -0.4 is 5.32 Å². The van der Waals surface area contributed by atoms with Crippen LogP contribution in [0.4, 0.5) is 0 Å². The zero-order chi connectivity index (χ0) is 15.4. The van der Waals surface area contributed by atoms with Crippen LogP contribution in [0, 0.1) is 17.8 Å². The Morgan fingerprint density at radius 3 is 2.71 bits per heavy atom. The van der Waals surface area contributed by atoms with Gasteiger partial charge in [0.05, 0.1) is 17.9 Å². The lowest BCUT2D eigenvalue weighted by Crippen LogP contribution is -2.36. The third kappa shape index (κ3) is 3.60. The first-order chi connectivity index (χ1) is 10.0. The Bertz CT molecular complexity index is 504. The average molecular weight is 290 g/mol. The lowest BCUT2D eigenvalue weighted by molar-refractivity contribution is -0.146. The summed E-state index contributed by atoms with van der Waals surface area (Å²) in [6.07, 6.45) is 5.58. The van der Waals surface area contributed by atoms with Gasteiger partial charge >= 0.3 is 5.97 Å². The van der Waals surface area contributed by atoms with Gasteiger partial charge < -0.3 is 10.4 Å². The van der Waals surface area contributed by atoms with Gasteiger partial charge in [-0.3, -0.25) is 14.6 Å². The van der Waals surface area contributed by atoms with E-state index in [4.69, 9.17) is 0 Å². The summed E-state index contributed by atoms with van der Waals surface area (Å²) in [4.78, 5) is 27.8. The highest BCUT2D eigenvalue weighted by Crippen LogP contribution is 2.38. The van der Waals surface area contributed by atoms with Gasteiger partial charge in [0.2, 0.25) is 5.91 Å². The normalized spacial score (nSPS) is 26.3. The van der Waals surface area contributed by atoms with Gasteiger partial charge in [0, 0.05) is 12.4 Å². The van der Waals surface area contributed by atoms with E-state index in [1.807, 2.05) is 26.0 Å². The van der Waals surface area contributed by atoms with E-state index in [2.05, 4.69) is 10.3 Å². The van der Waals surface area contributed by atoms with Crippen LogP contribution in [0.1, 0.15) is 44.7 Å². The lowest BCUT2D eigenvalue weighted by Gasteiger charge is -2.19. The summed E-state index contributed by atoms with van der Waals surface area (Å²) in [7, 11) is 0. The molecule has 5 nitrogen and oxygen atoms in total. The van der Waals surface area contributed by atoms with Crippen molar-refractivity contribution in [2.24, 2.45) is 17.8 Å². The summed E-state index contributed by atoms with van der Waals surface area (Å²) in [5.41, 5.74) is 0.919. The van der Waals surface area contributed by atoms with E-state index in [0.29, 0.717) is 18.8 Å². The molecule has 2 rings (SSSR count). The molecule has 4 atom stereocenters. The van der Waals surface area contributed by atoms with Crippen molar-refractivity contribution in [3.63, 3.8) is 0 Å². The first-order valence-corrected chi connectivity index (χ1v) is 7.46. The number of rotatable bonds is 5. The molecule has 0 radical (unpaired) electrons. The van der Waals surface area contributed by atoms with Gasteiger partial charge in [-0.1, -0.05) is 19.4 Å². The van der Waals surface area contributed by atoms with Gasteiger partial charge in [-0.2, -0.15) is 0 Å². The predicted molar refractivity (Wildman–Crippen MR) is 78.4 cm³/mol. The molecule has 1 aromatic rings. The van der Waals surface area contributed by atoms with Crippen LogP contribution in [0.2, 0.25) is 0 Å². The van der Waals surface area contributed by atoms with Crippen molar-refractivity contribution in [1.82, 2.24) is 10.3 Å². The fourth-order valence-electron chi connectivity index (χ4n) is 3.07. The van der Waals surface area contributed by atoms with Crippen LogP contribution in [-0.2, 0) is 9.59 Å². The fourth-order valence-corrected chi connectivity index (χ4v) is 3.07. The molecule has 2 N–H and O–H groups in total. The second-order valence-electron chi connectivity index (χ2n) is 5.81. The molecule has 114 valence electrons. The molecule has 1 unspecified atom stereocenters. The molecule has 1 saturated carbocycles. The second kappa shape index (κ2) is 6.70. The van der Waals surface area contributed by atoms with Crippen LogP contribution >= 0.6 is 0 Å². The van der Waals surface area contributed by atoms with Gasteiger partial charge in [-0.05, 0) is 37.3 Å². The molecule has 1 aliphatic carbocycles. The van der Waals surface area contributed by atoms with Crippen molar-refractivity contribution in [1.29, 1.82) is 0 Å². The maximum Gasteiger partial charge on any atom is 0.307 e. The predicted octanol–water partition coefficient (Wildman–Crippen LogP) is 2.40. The Morgan fingerprint density at radius 2 is 2.14 bits per heavy atom. The molecule has 21 heavy (non-hydrogen) atoms. The minimum absolute atomic E-state index is 0.158. The van der Waals surface area contributed by atoms with Crippen LogP contribution in [0.5, 0.6) is 0 Å². The molecule has 5 heteroatoms. The number of amides is 1. The highest BCUT2D eigenvalue weighted by atomic mass is 16.4. The van der Waals surface area contributed by atoms with Crippen molar-refractivity contribution in [3.8, 4) is 0 Å². The Kier molecular flexibility index (Phi) is 4.94. The van der Waals surface area contributed by atoms with Gasteiger partial charge in [0.15, 0.2) is 0 Å². The number of hydrogen-bond donors (Lipinski definition) is 2. The largest absolute Gasteiger partial charge is 0.481 e.